The van der Waals surface area contributed by atoms with Crippen molar-refractivity contribution >= 4 is 29.3 Å². The van der Waals surface area contributed by atoms with Gasteiger partial charge in [0.2, 0.25) is 5.91 Å². The first-order chi connectivity index (χ1) is 10.5. The van der Waals surface area contributed by atoms with Gasteiger partial charge in [-0.25, -0.2) is 0 Å². The molecule has 1 N–H and O–H groups in total. The van der Waals surface area contributed by atoms with E-state index in [1.54, 1.807) is 12.1 Å². The lowest BCUT2D eigenvalue weighted by atomic mass is 9.98. The Balaban J connectivity index is 2.18. The number of halogens is 1. The molecule has 0 unspecified atom stereocenters. The van der Waals surface area contributed by atoms with E-state index in [4.69, 9.17) is 11.6 Å². The van der Waals surface area contributed by atoms with Crippen LogP contribution in [0.5, 0.6) is 0 Å². The molecule has 0 atom stereocenters. The summed E-state index contributed by atoms with van der Waals surface area (Å²) >= 11 is 6.08. The minimum absolute atomic E-state index is 0.156. The highest BCUT2D eigenvalue weighted by Gasteiger charge is 2.10. The maximum absolute atomic E-state index is 12.2. The van der Waals surface area contributed by atoms with Crippen LogP contribution in [0.15, 0.2) is 48.5 Å². The zero-order valence-corrected chi connectivity index (χ0v) is 13.8. The zero-order chi connectivity index (χ0) is 16.1. The molecule has 0 aliphatic carbocycles. The maximum Gasteiger partial charge on any atom is 0.248 e. The minimum Gasteiger partial charge on any atom is -0.322 e. The van der Waals surface area contributed by atoms with Gasteiger partial charge in [0.1, 0.15) is 0 Å². The first kappa shape index (κ1) is 16.3. The lowest BCUT2D eigenvalue weighted by Gasteiger charge is -2.15. The number of benzene rings is 2. The van der Waals surface area contributed by atoms with Crippen molar-refractivity contribution in [1.29, 1.82) is 0 Å². The van der Waals surface area contributed by atoms with Crippen molar-refractivity contribution in [3.05, 3.63) is 70.3 Å². The van der Waals surface area contributed by atoms with E-state index in [0.717, 1.165) is 22.4 Å². The van der Waals surface area contributed by atoms with Crippen LogP contribution in [0.1, 0.15) is 36.5 Å². The van der Waals surface area contributed by atoms with Gasteiger partial charge in [-0.3, -0.25) is 4.79 Å². The Morgan fingerprint density at radius 1 is 1.14 bits per heavy atom. The number of carbonyl (C=O) groups is 1. The molecule has 0 aliphatic heterocycles. The van der Waals surface area contributed by atoms with Crippen molar-refractivity contribution < 1.29 is 4.79 Å². The molecule has 0 saturated heterocycles. The summed E-state index contributed by atoms with van der Waals surface area (Å²) in [4.78, 5) is 12.2. The Bertz CT molecular complexity index is 704. The summed E-state index contributed by atoms with van der Waals surface area (Å²) in [5, 5.41) is 3.61. The first-order valence-electron chi connectivity index (χ1n) is 7.32. The van der Waals surface area contributed by atoms with Gasteiger partial charge < -0.3 is 5.32 Å². The van der Waals surface area contributed by atoms with Gasteiger partial charge in [0.15, 0.2) is 0 Å². The third kappa shape index (κ3) is 3.99. The molecule has 0 spiro atoms. The molecule has 114 valence electrons. The summed E-state index contributed by atoms with van der Waals surface area (Å²) in [6.45, 7) is 6.23. The third-order valence-electron chi connectivity index (χ3n) is 3.49. The van der Waals surface area contributed by atoms with Crippen LogP contribution in [0.4, 0.5) is 5.69 Å². The lowest BCUT2D eigenvalue weighted by Crippen LogP contribution is -2.11. The van der Waals surface area contributed by atoms with E-state index < -0.39 is 0 Å². The number of amides is 1. The SMILES string of the molecule is Cc1cccc(C(C)C)c1NC(=O)/C=C/c1ccccc1Cl. The highest BCUT2D eigenvalue weighted by atomic mass is 35.5. The van der Waals surface area contributed by atoms with E-state index in [1.165, 1.54) is 6.08 Å². The molecule has 1 amide bonds. The first-order valence-corrected chi connectivity index (χ1v) is 7.70. The van der Waals surface area contributed by atoms with Gasteiger partial charge in [-0.1, -0.05) is 61.8 Å². The van der Waals surface area contributed by atoms with Crippen molar-refractivity contribution in [2.45, 2.75) is 26.7 Å². The number of hydrogen-bond donors (Lipinski definition) is 1. The van der Waals surface area contributed by atoms with E-state index >= 15 is 0 Å². The van der Waals surface area contributed by atoms with Gasteiger partial charge in [0.05, 0.1) is 0 Å². The quantitative estimate of drug-likeness (QED) is 0.750. The van der Waals surface area contributed by atoms with Crippen molar-refractivity contribution in [2.75, 3.05) is 5.32 Å². The maximum atomic E-state index is 12.2. The minimum atomic E-state index is -0.156. The Labute approximate surface area is 136 Å². The number of carbonyl (C=O) groups excluding carboxylic acids is 1. The van der Waals surface area contributed by atoms with Crippen LogP contribution in [-0.2, 0) is 4.79 Å². The second-order valence-corrected chi connectivity index (χ2v) is 5.95. The van der Waals surface area contributed by atoms with Crippen LogP contribution in [0.3, 0.4) is 0 Å². The van der Waals surface area contributed by atoms with Crippen molar-refractivity contribution in [1.82, 2.24) is 0 Å². The van der Waals surface area contributed by atoms with Crippen molar-refractivity contribution in [3.8, 4) is 0 Å². The molecule has 0 bridgehead atoms. The van der Waals surface area contributed by atoms with Crippen LogP contribution in [-0.4, -0.2) is 5.91 Å². The fourth-order valence-electron chi connectivity index (χ4n) is 2.28. The summed E-state index contributed by atoms with van der Waals surface area (Å²) in [6.07, 6.45) is 3.24. The Kier molecular flexibility index (Phi) is 5.40. The topological polar surface area (TPSA) is 29.1 Å². The summed E-state index contributed by atoms with van der Waals surface area (Å²) < 4.78 is 0. The van der Waals surface area contributed by atoms with Crippen LogP contribution in [0, 0.1) is 6.92 Å². The number of aryl methyl sites for hydroxylation is 1. The molecule has 3 heteroatoms. The smallest absolute Gasteiger partial charge is 0.248 e. The highest BCUT2D eigenvalue weighted by Crippen LogP contribution is 2.27. The number of rotatable bonds is 4. The number of para-hydroxylation sites is 1. The van der Waals surface area contributed by atoms with Crippen LogP contribution in [0.2, 0.25) is 5.02 Å². The molecule has 0 aromatic heterocycles. The molecular weight excluding hydrogens is 294 g/mol. The lowest BCUT2D eigenvalue weighted by molar-refractivity contribution is -0.111. The molecule has 2 aromatic rings. The summed E-state index contributed by atoms with van der Waals surface area (Å²) in [7, 11) is 0. The molecule has 2 nitrogen and oxygen atoms in total. The predicted octanol–water partition coefficient (Wildman–Crippen LogP) is 5.42. The fraction of sp³-hybridized carbons (Fsp3) is 0.211. The van der Waals surface area contributed by atoms with E-state index in [-0.39, 0.29) is 5.91 Å². The standard InChI is InChI=1S/C19H20ClNO/c1-13(2)16-9-6-7-14(3)19(16)21-18(22)12-11-15-8-4-5-10-17(15)20/h4-13H,1-3H3,(H,21,22)/b12-11+. The molecular formula is C19H20ClNO. The van der Waals surface area contributed by atoms with Gasteiger partial charge >= 0.3 is 0 Å². The molecule has 22 heavy (non-hydrogen) atoms. The molecule has 0 radical (unpaired) electrons. The van der Waals surface area contributed by atoms with Gasteiger partial charge in [0.25, 0.3) is 0 Å². The molecule has 2 rings (SSSR count). The third-order valence-corrected chi connectivity index (χ3v) is 3.84. The fourth-order valence-corrected chi connectivity index (χ4v) is 2.48. The number of nitrogens with one attached hydrogen (secondary N) is 1. The second-order valence-electron chi connectivity index (χ2n) is 5.54. The van der Waals surface area contributed by atoms with Crippen LogP contribution < -0.4 is 5.32 Å². The largest absolute Gasteiger partial charge is 0.322 e. The molecule has 2 aromatic carbocycles. The van der Waals surface area contributed by atoms with Crippen LogP contribution >= 0.6 is 11.6 Å². The summed E-state index contributed by atoms with van der Waals surface area (Å²) in [6, 6.07) is 13.5. The average Bonchev–Trinajstić information content (AvgIpc) is 2.48. The van der Waals surface area contributed by atoms with E-state index in [1.807, 2.05) is 43.3 Å². The second kappa shape index (κ2) is 7.28. The summed E-state index contributed by atoms with van der Waals surface area (Å²) in [5.41, 5.74) is 3.92. The Morgan fingerprint density at radius 2 is 1.86 bits per heavy atom. The normalized spacial score (nSPS) is 11.1. The van der Waals surface area contributed by atoms with E-state index in [2.05, 4.69) is 19.2 Å². The average molecular weight is 314 g/mol. The number of anilines is 1. The number of hydrogen-bond acceptors (Lipinski definition) is 1. The summed E-state index contributed by atoms with van der Waals surface area (Å²) in [5.74, 6) is 0.193. The van der Waals surface area contributed by atoms with Gasteiger partial charge in [-0.15, -0.1) is 0 Å². The van der Waals surface area contributed by atoms with E-state index in [0.29, 0.717) is 10.9 Å². The van der Waals surface area contributed by atoms with Gasteiger partial charge in [-0.05, 0) is 41.7 Å². The van der Waals surface area contributed by atoms with Gasteiger partial charge in [0, 0.05) is 16.8 Å². The molecule has 0 aliphatic rings. The van der Waals surface area contributed by atoms with Crippen molar-refractivity contribution in [3.63, 3.8) is 0 Å². The molecule has 0 fully saturated rings. The monoisotopic (exact) mass is 313 g/mol. The van der Waals surface area contributed by atoms with Crippen LogP contribution in [0.25, 0.3) is 6.08 Å². The highest BCUT2D eigenvalue weighted by molar-refractivity contribution is 6.32. The molecule has 0 saturated carbocycles. The Morgan fingerprint density at radius 3 is 2.55 bits per heavy atom. The predicted molar refractivity (Wildman–Crippen MR) is 94.4 cm³/mol. The van der Waals surface area contributed by atoms with Gasteiger partial charge in [-0.2, -0.15) is 0 Å². The molecule has 0 heterocycles. The zero-order valence-electron chi connectivity index (χ0n) is 13.1. The van der Waals surface area contributed by atoms with E-state index in [9.17, 15) is 4.79 Å². The Hall–Kier alpha value is -2.06. The van der Waals surface area contributed by atoms with Crippen molar-refractivity contribution in [2.24, 2.45) is 0 Å².